The van der Waals surface area contributed by atoms with Gasteiger partial charge in [-0.1, -0.05) is 27.7 Å². The minimum absolute atomic E-state index is 0.0326. The Labute approximate surface area is 104 Å². The number of nitrogens with two attached hydrogens (primary N) is 1. The van der Waals surface area contributed by atoms with E-state index < -0.39 is 0 Å². The summed E-state index contributed by atoms with van der Waals surface area (Å²) in [5.74, 6) is 2.24. The molecule has 3 heteroatoms. The van der Waals surface area contributed by atoms with E-state index in [0.717, 1.165) is 17.9 Å². The summed E-state index contributed by atoms with van der Waals surface area (Å²) in [6.07, 6.45) is 0.934. The number of furan rings is 1. The summed E-state index contributed by atoms with van der Waals surface area (Å²) in [7, 11) is 1.66. The van der Waals surface area contributed by atoms with Gasteiger partial charge in [-0.15, -0.1) is 0 Å². The standard InChI is InChI=1S/C14H25NO2/c1-10(14(2,3)4)8-12(15)13-7-6-11(17-13)9-16-5/h6-7,10,12H,8-9,15H2,1-5H3. The fraction of sp³-hybridized carbons (Fsp3) is 0.714. The normalized spacial score (nSPS) is 15.9. The molecule has 17 heavy (non-hydrogen) atoms. The first-order valence-electron chi connectivity index (χ1n) is 6.17. The van der Waals surface area contributed by atoms with Crippen LogP contribution in [0.2, 0.25) is 0 Å². The van der Waals surface area contributed by atoms with Gasteiger partial charge in [0.25, 0.3) is 0 Å². The van der Waals surface area contributed by atoms with Crippen LogP contribution in [0.1, 0.15) is 51.7 Å². The third-order valence-electron chi connectivity index (χ3n) is 3.42. The molecule has 0 aliphatic carbocycles. The Morgan fingerprint density at radius 3 is 2.53 bits per heavy atom. The lowest BCUT2D eigenvalue weighted by Gasteiger charge is -2.28. The van der Waals surface area contributed by atoms with E-state index >= 15 is 0 Å². The van der Waals surface area contributed by atoms with Crippen LogP contribution in [0.3, 0.4) is 0 Å². The molecule has 1 aromatic rings. The Hall–Kier alpha value is -0.800. The van der Waals surface area contributed by atoms with Crippen LogP contribution in [0.25, 0.3) is 0 Å². The molecule has 0 saturated heterocycles. The van der Waals surface area contributed by atoms with Crippen LogP contribution < -0.4 is 5.73 Å². The molecule has 1 aromatic heterocycles. The molecule has 3 nitrogen and oxygen atoms in total. The molecule has 1 rings (SSSR count). The lowest BCUT2D eigenvalue weighted by molar-refractivity contribution is 0.160. The monoisotopic (exact) mass is 239 g/mol. The number of hydrogen-bond acceptors (Lipinski definition) is 3. The highest BCUT2D eigenvalue weighted by Crippen LogP contribution is 2.32. The Balaban J connectivity index is 2.60. The summed E-state index contributed by atoms with van der Waals surface area (Å²) in [4.78, 5) is 0. The maximum atomic E-state index is 6.17. The predicted molar refractivity (Wildman–Crippen MR) is 69.6 cm³/mol. The highest BCUT2D eigenvalue weighted by atomic mass is 16.5. The summed E-state index contributed by atoms with van der Waals surface area (Å²) in [5, 5.41) is 0. The van der Waals surface area contributed by atoms with E-state index in [0.29, 0.717) is 12.5 Å². The Kier molecular flexibility index (Phi) is 4.78. The highest BCUT2D eigenvalue weighted by Gasteiger charge is 2.24. The molecule has 0 aliphatic rings. The van der Waals surface area contributed by atoms with E-state index in [1.54, 1.807) is 7.11 Å². The van der Waals surface area contributed by atoms with Gasteiger partial charge < -0.3 is 14.9 Å². The number of hydrogen-bond donors (Lipinski definition) is 1. The molecular formula is C14H25NO2. The van der Waals surface area contributed by atoms with Gasteiger partial charge in [0.2, 0.25) is 0 Å². The number of methoxy groups -OCH3 is 1. The van der Waals surface area contributed by atoms with Gasteiger partial charge in [-0.2, -0.15) is 0 Å². The van der Waals surface area contributed by atoms with Gasteiger partial charge in [0.15, 0.2) is 0 Å². The summed E-state index contributed by atoms with van der Waals surface area (Å²) in [6.45, 7) is 9.45. The first-order valence-corrected chi connectivity index (χ1v) is 6.17. The van der Waals surface area contributed by atoms with Crippen molar-refractivity contribution in [1.29, 1.82) is 0 Å². The molecule has 0 aromatic carbocycles. The summed E-state index contributed by atoms with van der Waals surface area (Å²) in [5.41, 5.74) is 6.44. The van der Waals surface area contributed by atoms with Crippen LogP contribution in [-0.2, 0) is 11.3 Å². The van der Waals surface area contributed by atoms with Gasteiger partial charge in [-0.05, 0) is 29.9 Å². The molecule has 0 bridgehead atoms. The van der Waals surface area contributed by atoms with E-state index in [4.69, 9.17) is 14.9 Å². The molecule has 0 radical (unpaired) electrons. The van der Waals surface area contributed by atoms with Crippen molar-refractivity contribution >= 4 is 0 Å². The number of rotatable bonds is 5. The van der Waals surface area contributed by atoms with Crippen molar-refractivity contribution in [3.63, 3.8) is 0 Å². The van der Waals surface area contributed by atoms with Crippen molar-refractivity contribution in [2.24, 2.45) is 17.1 Å². The van der Waals surface area contributed by atoms with Crippen LogP contribution in [-0.4, -0.2) is 7.11 Å². The van der Waals surface area contributed by atoms with Crippen LogP contribution in [0.4, 0.5) is 0 Å². The molecule has 0 amide bonds. The zero-order valence-electron chi connectivity index (χ0n) is 11.6. The first kappa shape index (κ1) is 14.3. The largest absolute Gasteiger partial charge is 0.462 e. The van der Waals surface area contributed by atoms with Crippen LogP contribution >= 0.6 is 0 Å². The van der Waals surface area contributed by atoms with Gasteiger partial charge in [-0.25, -0.2) is 0 Å². The van der Waals surface area contributed by atoms with Crippen molar-refractivity contribution < 1.29 is 9.15 Å². The predicted octanol–water partition coefficient (Wildman–Crippen LogP) is 3.50. The lowest BCUT2D eigenvalue weighted by atomic mass is 9.78. The highest BCUT2D eigenvalue weighted by molar-refractivity contribution is 5.10. The van der Waals surface area contributed by atoms with Crippen LogP contribution in [0.15, 0.2) is 16.5 Å². The topological polar surface area (TPSA) is 48.4 Å². The van der Waals surface area contributed by atoms with E-state index in [2.05, 4.69) is 27.7 Å². The molecule has 2 N–H and O–H groups in total. The molecule has 98 valence electrons. The van der Waals surface area contributed by atoms with Crippen LogP contribution in [0.5, 0.6) is 0 Å². The molecule has 0 aliphatic heterocycles. The van der Waals surface area contributed by atoms with Crippen molar-refractivity contribution in [2.45, 2.75) is 46.8 Å². The third kappa shape index (κ3) is 4.17. The molecule has 2 unspecified atom stereocenters. The third-order valence-corrected chi connectivity index (χ3v) is 3.42. The van der Waals surface area contributed by atoms with Gasteiger partial charge in [0.1, 0.15) is 18.1 Å². The Bertz CT molecular complexity index is 338. The fourth-order valence-corrected chi connectivity index (χ4v) is 1.66. The average Bonchev–Trinajstić information content (AvgIpc) is 2.65. The summed E-state index contributed by atoms with van der Waals surface area (Å²) < 4.78 is 10.7. The van der Waals surface area contributed by atoms with Gasteiger partial charge in [-0.3, -0.25) is 0 Å². The zero-order valence-corrected chi connectivity index (χ0v) is 11.6. The Morgan fingerprint density at radius 2 is 2.00 bits per heavy atom. The molecule has 0 saturated carbocycles. The maximum Gasteiger partial charge on any atom is 0.129 e. The quantitative estimate of drug-likeness (QED) is 0.855. The SMILES string of the molecule is COCc1ccc(C(N)CC(C)C(C)(C)C)o1. The van der Waals surface area contributed by atoms with Gasteiger partial charge >= 0.3 is 0 Å². The first-order chi connectivity index (χ1) is 7.84. The average molecular weight is 239 g/mol. The lowest BCUT2D eigenvalue weighted by Crippen LogP contribution is -2.23. The fourth-order valence-electron chi connectivity index (χ4n) is 1.66. The maximum absolute atomic E-state index is 6.17. The van der Waals surface area contributed by atoms with Crippen molar-refractivity contribution in [1.82, 2.24) is 0 Å². The smallest absolute Gasteiger partial charge is 0.129 e. The minimum Gasteiger partial charge on any atom is -0.462 e. The molecule has 0 spiro atoms. The Morgan fingerprint density at radius 1 is 1.35 bits per heavy atom. The van der Waals surface area contributed by atoms with Crippen molar-refractivity contribution in [3.05, 3.63) is 23.7 Å². The summed E-state index contributed by atoms with van der Waals surface area (Å²) >= 11 is 0. The number of ether oxygens (including phenoxy) is 1. The zero-order chi connectivity index (χ0) is 13.1. The second-order valence-electron chi connectivity index (χ2n) is 5.85. The van der Waals surface area contributed by atoms with E-state index in [1.807, 2.05) is 12.1 Å². The van der Waals surface area contributed by atoms with Crippen molar-refractivity contribution in [2.75, 3.05) is 7.11 Å². The minimum atomic E-state index is -0.0326. The van der Waals surface area contributed by atoms with Crippen molar-refractivity contribution in [3.8, 4) is 0 Å². The molecule has 1 heterocycles. The molecule has 2 atom stereocenters. The van der Waals surface area contributed by atoms with Gasteiger partial charge in [0.05, 0.1) is 6.04 Å². The summed E-state index contributed by atoms with van der Waals surface area (Å²) in [6, 6.07) is 3.85. The molecule has 0 fully saturated rings. The van der Waals surface area contributed by atoms with E-state index in [9.17, 15) is 0 Å². The van der Waals surface area contributed by atoms with Crippen LogP contribution in [0, 0.1) is 11.3 Å². The second kappa shape index (κ2) is 5.69. The second-order valence-corrected chi connectivity index (χ2v) is 5.85. The molecular weight excluding hydrogens is 214 g/mol. The van der Waals surface area contributed by atoms with E-state index in [-0.39, 0.29) is 11.5 Å². The van der Waals surface area contributed by atoms with E-state index in [1.165, 1.54) is 0 Å². The van der Waals surface area contributed by atoms with Gasteiger partial charge in [0, 0.05) is 7.11 Å².